The smallest absolute Gasteiger partial charge is 0.229 e. The van der Waals surface area contributed by atoms with Gasteiger partial charge in [-0.05, 0) is 57.5 Å². The first-order chi connectivity index (χ1) is 9.87. The van der Waals surface area contributed by atoms with Gasteiger partial charge in [-0.25, -0.2) is 0 Å². The lowest BCUT2D eigenvalue weighted by Crippen LogP contribution is -2.39. The monoisotopic (exact) mass is 276 g/mol. The van der Waals surface area contributed by atoms with Gasteiger partial charge in [0, 0.05) is 18.5 Å². The van der Waals surface area contributed by atoms with E-state index >= 15 is 0 Å². The molecule has 0 radical (unpaired) electrons. The van der Waals surface area contributed by atoms with Crippen LogP contribution in [0.5, 0.6) is 0 Å². The molecule has 1 atom stereocenters. The molecule has 1 N–H and O–H groups in total. The summed E-state index contributed by atoms with van der Waals surface area (Å²) < 4.78 is 5.34. The first-order valence-corrected chi connectivity index (χ1v) is 8.15. The van der Waals surface area contributed by atoms with Crippen molar-refractivity contribution in [3.63, 3.8) is 0 Å². The summed E-state index contributed by atoms with van der Waals surface area (Å²) in [6.45, 7) is 4.39. The van der Waals surface area contributed by atoms with E-state index in [9.17, 15) is 0 Å². The van der Waals surface area contributed by atoms with E-state index in [2.05, 4.69) is 20.4 Å². The van der Waals surface area contributed by atoms with Crippen LogP contribution in [0.3, 0.4) is 0 Å². The molecule has 0 amide bonds. The van der Waals surface area contributed by atoms with Gasteiger partial charge in [0.05, 0.1) is 6.54 Å². The summed E-state index contributed by atoms with van der Waals surface area (Å²) in [6.07, 6.45) is 7.85. The van der Waals surface area contributed by atoms with Crippen molar-refractivity contribution in [2.24, 2.45) is 5.92 Å². The Hall–Kier alpha value is -0.940. The molecule has 20 heavy (non-hydrogen) atoms. The number of likely N-dealkylation sites (tertiary alicyclic amines) is 1. The molecule has 3 aliphatic rings. The Labute approximate surface area is 120 Å². The van der Waals surface area contributed by atoms with Crippen LogP contribution in [0.1, 0.15) is 56.2 Å². The van der Waals surface area contributed by atoms with E-state index in [0.717, 1.165) is 30.2 Å². The summed E-state index contributed by atoms with van der Waals surface area (Å²) in [5.41, 5.74) is 0. The maximum Gasteiger partial charge on any atom is 0.229 e. The van der Waals surface area contributed by atoms with Gasteiger partial charge in [-0.1, -0.05) is 5.16 Å². The second-order valence-electron chi connectivity index (χ2n) is 6.75. The van der Waals surface area contributed by atoms with Crippen molar-refractivity contribution >= 4 is 0 Å². The Morgan fingerprint density at radius 3 is 2.90 bits per heavy atom. The highest BCUT2D eigenvalue weighted by molar-refractivity contribution is 5.01. The molecule has 110 valence electrons. The van der Waals surface area contributed by atoms with Gasteiger partial charge in [0.15, 0.2) is 5.82 Å². The van der Waals surface area contributed by atoms with Crippen LogP contribution >= 0.6 is 0 Å². The fourth-order valence-corrected chi connectivity index (χ4v) is 3.11. The molecule has 2 heterocycles. The normalized spacial score (nSPS) is 27.9. The maximum atomic E-state index is 5.34. The molecule has 0 aromatic carbocycles. The minimum absolute atomic E-state index is 0.563. The summed E-state index contributed by atoms with van der Waals surface area (Å²) in [5, 5.41) is 7.80. The molecule has 2 aliphatic carbocycles. The zero-order valence-corrected chi connectivity index (χ0v) is 12.1. The van der Waals surface area contributed by atoms with Crippen LogP contribution in [0.2, 0.25) is 0 Å². The van der Waals surface area contributed by atoms with Crippen LogP contribution in [-0.4, -0.2) is 40.7 Å². The number of aromatic nitrogens is 2. The van der Waals surface area contributed by atoms with E-state index in [4.69, 9.17) is 4.52 Å². The van der Waals surface area contributed by atoms with Gasteiger partial charge in [0.25, 0.3) is 0 Å². The van der Waals surface area contributed by atoms with Gasteiger partial charge >= 0.3 is 0 Å². The molecule has 1 saturated heterocycles. The average Bonchev–Trinajstić information content (AvgIpc) is 3.38. The van der Waals surface area contributed by atoms with E-state index in [1.165, 1.54) is 58.2 Å². The highest BCUT2D eigenvalue weighted by Gasteiger charge is 2.30. The van der Waals surface area contributed by atoms with Gasteiger partial charge in [-0.2, -0.15) is 4.98 Å². The summed E-state index contributed by atoms with van der Waals surface area (Å²) in [5.74, 6) is 3.10. The first-order valence-electron chi connectivity index (χ1n) is 8.15. The molecule has 2 saturated carbocycles. The number of hydrogen-bond acceptors (Lipinski definition) is 5. The number of rotatable bonds is 6. The predicted molar refractivity (Wildman–Crippen MR) is 75.3 cm³/mol. The second-order valence-corrected chi connectivity index (χ2v) is 6.75. The lowest BCUT2D eigenvalue weighted by Gasteiger charge is -2.32. The Balaban J connectivity index is 1.28. The second kappa shape index (κ2) is 5.45. The lowest BCUT2D eigenvalue weighted by atomic mass is 9.98. The zero-order valence-electron chi connectivity index (χ0n) is 12.1. The lowest BCUT2D eigenvalue weighted by molar-refractivity contribution is 0.160. The highest BCUT2D eigenvalue weighted by atomic mass is 16.5. The van der Waals surface area contributed by atoms with Gasteiger partial charge in [-0.3, -0.25) is 4.90 Å². The van der Waals surface area contributed by atoms with E-state index in [1.807, 2.05) is 0 Å². The van der Waals surface area contributed by atoms with Crippen LogP contribution in [0.4, 0.5) is 0 Å². The van der Waals surface area contributed by atoms with Crippen LogP contribution < -0.4 is 5.32 Å². The SMILES string of the molecule is C1CC(CNC2CC2)CN(Cc2noc(C3CC3)n2)C1. The van der Waals surface area contributed by atoms with Gasteiger partial charge < -0.3 is 9.84 Å². The highest BCUT2D eigenvalue weighted by Crippen LogP contribution is 2.38. The summed E-state index contributed by atoms with van der Waals surface area (Å²) in [4.78, 5) is 7.03. The first kappa shape index (κ1) is 12.8. The molecule has 0 bridgehead atoms. The molecule has 1 aromatic heterocycles. The van der Waals surface area contributed by atoms with Crippen LogP contribution in [0, 0.1) is 5.92 Å². The predicted octanol–water partition coefficient (Wildman–Crippen LogP) is 1.91. The maximum absolute atomic E-state index is 5.34. The van der Waals surface area contributed by atoms with E-state index < -0.39 is 0 Å². The molecular formula is C15H24N4O. The third-order valence-electron chi connectivity index (χ3n) is 4.65. The van der Waals surface area contributed by atoms with Crippen molar-refractivity contribution in [1.82, 2.24) is 20.4 Å². The number of hydrogen-bond donors (Lipinski definition) is 1. The fraction of sp³-hybridized carbons (Fsp3) is 0.867. The summed E-state index contributed by atoms with van der Waals surface area (Å²) >= 11 is 0. The molecule has 5 heteroatoms. The Kier molecular flexibility index (Phi) is 3.48. The Morgan fingerprint density at radius 1 is 1.20 bits per heavy atom. The number of nitrogens with one attached hydrogen (secondary N) is 1. The van der Waals surface area contributed by atoms with E-state index in [-0.39, 0.29) is 0 Å². The quantitative estimate of drug-likeness (QED) is 0.860. The molecule has 1 aromatic rings. The largest absolute Gasteiger partial charge is 0.339 e. The van der Waals surface area contributed by atoms with Crippen molar-refractivity contribution < 1.29 is 4.52 Å². The third-order valence-corrected chi connectivity index (χ3v) is 4.65. The van der Waals surface area contributed by atoms with Crippen molar-refractivity contribution in [2.45, 2.75) is 57.0 Å². The van der Waals surface area contributed by atoms with Gasteiger partial charge in [0.2, 0.25) is 5.89 Å². The minimum Gasteiger partial charge on any atom is -0.339 e. The average molecular weight is 276 g/mol. The standard InChI is InChI=1S/C15H24N4O/c1-2-11(8-16-13-5-6-13)9-19(7-1)10-14-17-15(20-18-14)12-3-4-12/h11-13,16H,1-10H2. The van der Waals surface area contributed by atoms with Crippen molar-refractivity contribution in [1.29, 1.82) is 0 Å². The Morgan fingerprint density at radius 2 is 2.10 bits per heavy atom. The minimum atomic E-state index is 0.563. The molecular weight excluding hydrogens is 252 g/mol. The van der Waals surface area contributed by atoms with E-state index in [0.29, 0.717) is 5.92 Å². The zero-order chi connectivity index (χ0) is 13.4. The number of nitrogens with zero attached hydrogens (tertiary/aromatic N) is 3. The molecule has 4 rings (SSSR count). The van der Waals surface area contributed by atoms with Crippen LogP contribution in [0.15, 0.2) is 4.52 Å². The van der Waals surface area contributed by atoms with Crippen LogP contribution in [-0.2, 0) is 6.54 Å². The summed E-state index contributed by atoms with van der Waals surface area (Å²) in [6, 6.07) is 0.823. The topological polar surface area (TPSA) is 54.2 Å². The van der Waals surface area contributed by atoms with Crippen LogP contribution in [0.25, 0.3) is 0 Å². The van der Waals surface area contributed by atoms with E-state index in [1.54, 1.807) is 0 Å². The fourth-order valence-electron chi connectivity index (χ4n) is 3.11. The van der Waals surface area contributed by atoms with Crippen molar-refractivity contribution in [3.05, 3.63) is 11.7 Å². The summed E-state index contributed by atoms with van der Waals surface area (Å²) in [7, 11) is 0. The number of piperidine rings is 1. The molecule has 1 unspecified atom stereocenters. The van der Waals surface area contributed by atoms with Crippen molar-refractivity contribution in [2.75, 3.05) is 19.6 Å². The Bertz CT molecular complexity index is 452. The molecule has 0 spiro atoms. The third kappa shape index (κ3) is 3.20. The molecule has 1 aliphatic heterocycles. The van der Waals surface area contributed by atoms with Gasteiger partial charge in [0.1, 0.15) is 0 Å². The van der Waals surface area contributed by atoms with Gasteiger partial charge in [-0.15, -0.1) is 0 Å². The van der Waals surface area contributed by atoms with Crippen molar-refractivity contribution in [3.8, 4) is 0 Å². The molecule has 3 fully saturated rings. The molecule has 5 nitrogen and oxygen atoms in total.